The van der Waals surface area contributed by atoms with Crippen molar-refractivity contribution in [3.05, 3.63) is 0 Å². The second-order valence-corrected chi connectivity index (χ2v) is 4.12. The fourth-order valence-electron chi connectivity index (χ4n) is 1.99. The van der Waals surface area contributed by atoms with Gasteiger partial charge in [0.15, 0.2) is 0 Å². The Bertz CT molecular complexity index is 404. The van der Waals surface area contributed by atoms with Crippen LogP contribution in [0.15, 0.2) is 0 Å². The van der Waals surface area contributed by atoms with Crippen molar-refractivity contribution >= 4 is 7.11 Å². The first kappa shape index (κ1) is 24.6. The summed E-state index contributed by atoms with van der Waals surface area (Å²) in [6, 6.07) is 0. The molecule has 0 amide bonds. The van der Waals surface area contributed by atoms with Crippen LogP contribution in [0.4, 0.5) is 61.3 Å². The molecule has 0 aromatic carbocycles. The quantitative estimate of drug-likeness (QED) is 0.433. The molecule has 0 atom stereocenters. The maximum atomic E-state index is 12.7. The summed E-state index contributed by atoms with van der Waals surface area (Å²) in [7, 11) is -7.23. The van der Waals surface area contributed by atoms with E-state index in [2.05, 4.69) is 0 Å². The van der Waals surface area contributed by atoms with Gasteiger partial charge in [0.25, 0.3) is 11.2 Å². The van der Waals surface area contributed by atoms with Gasteiger partial charge in [0, 0.05) is 0 Å². The van der Waals surface area contributed by atoms with Crippen molar-refractivity contribution in [1.82, 2.24) is 0 Å². The maximum absolute atomic E-state index is 12.7. The smallest absolute Gasteiger partial charge is 0.491 e. The molecule has 1 rings (SSSR count). The van der Waals surface area contributed by atoms with Crippen molar-refractivity contribution < 1.29 is 122 Å². The molecule has 0 spiro atoms. The Hall–Kier alpha value is 0.641. The third-order valence-corrected chi connectivity index (χ3v) is 2.72. The summed E-state index contributed by atoms with van der Waals surface area (Å²) in [4.78, 5) is 0. The average Bonchev–Trinajstić information content (AvgIpc) is 2.44. The summed E-state index contributed by atoms with van der Waals surface area (Å²) in [6.07, 6.45) is -30.5. The number of alkyl halides is 12. The van der Waals surface area contributed by atoms with E-state index in [0.29, 0.717) is 0 Å². The predicted octanol–water partition coefficient (Wildman–Crippen LogP) is 1.14. The molecule has 1 fully saturated rings. The van der Waals surface area contributed by atoms with Gasteiger partial charge in [0.1, 0.15) is 0 Å². The van der Waals surface area contributed by atoms with Gasteiger partial charge >= 0.3 is 83.2 Å². The summed E-state index contributed by atoms with van der Waals surface area (Å²) in [6.45, 7) is 0. The largest absolute Gasteiger partial charge is 1.00 e. The van der Waals surface area contributed by atoms with Gasteiger partial charge in [-0.25, -0.2) is 0 Å². The van der Waals surface area contributed by atoms with Crippen LogP contribution in [0.25, 0.3) is 0 Å². The SMILES string of the molecule is F[B-]1(F)OC(C(F)(F)F)(C(F)(F)F)C(C(F)(F)F)(C(F)(F)F)O1.[K+]. The standard InChI is InChI=1S/C6BF14O2.K/c8-3(9,10)1(4(11,12)13)2(5(14,15)16,6(17,18)19)23-7(20,21)22-1;/q-1;+1. The van der Waals surface area contributed by atoms with Crippen LogP contribution < -0.4 is 51.4 Å². The normalized spacial score (nSPS) is 23.8. The van der Waals surface area contributed by atoms with Crippen LogP contribution in [0.1, 0.15) is 0 Å². The van der Waals surface area contributed by atoms with E-state index < -0.39 is 43.0 Å². The van der Waals surface area contributed by atoms with Gasteiger partial charge in [0.2, 0.25) is 0 Å². The first-order valence-electron chi connectivity index (χ1n) is 4.83. The fraction of sp³-hybridized carbons (Fsp3) is 1.00. The number of rotatable bonds is 0. The molecule has 0 unspecified atom stereocenters. The van der Waals surface area contributed by atoms with Gasteiger partial charge in [0.05, 0.1) is 0 Å². The van der Waals surface area contributed by atoms with Crippen LogP contribution in [-0.2, 0) is 9.31 Å². The molecule has 0 bridgehead atoms. The second kappa shape index (κ2) is 6.08. The van der Waals surface area contributed by atoms with Gasteiger partial charge in [-0.1, -0.05) is 0 Å². The van der Waals surface area contributed by atoms with E-state index in [4.69, 9.17) is 0 Å². The molecule has 0 aliphatic carbocycles. The zero-order chi connectivity index (χ0) is 18.9. The molecule has 18 heteroatoms. The van der Waals surface area contributed by atoms with Gasteiger partial charge in [-0.2, -0.15) is 52.7 Å². The maximum Gasteiger partial charge on any atom is 1.00 e. The summed E-state index contributed by atoms with van der Waals surface area (Å²) in [5.74, 6) is 0. The van der Waals surface area contributed by atoms with Crippen LogP contribution in [0.2, 0.25) is 0 Å². The molecule has 24 heavy (non-hydrogen) atoms. The van der Waals surface area contributed by atoms with Gasteiger partial charge in [-0.15, -0.1) is 0 Å². The van der Waals surface area contributed by atoms with Gasteiger partial charge in [-0.3, -0.25) is 0 Å². The molecule has 1 aliphatic heterocycles. The molecular formula is C6BF14KO2. The molecule has 2 nitrogen and oxygen atoms in total. The van der Waals surface area contributed by atoms with Crippen molar-refractivity contribution in [1.29, 1.82) is 0 Å². The van der Waals surface area contributed by atoms with E-state index in [1.807, 2.05) is 9.31 Å². The minimum Gasteiger partial charge on any atom is -0.491 e. The van der Waals surface area contributed by atoms with E-state index >= 15 is 0 Å². The van der Waals surface area contributed by atoms with E-state index in [0.717, 1.165) is 0 Å². The third-order valence-electron chi connectivity index (χ3n) is 2.72. The summed E-state index contributed by atoms with van der Waals surface area (Å²) in [5, 5.41) is 0. The van der Waals surface area contributed by atoms with E-state index in [-0.39, 0.29) is 51.4 Å². The van der Waals surface area contributed by atoms with Crippen LogP contribution >= 0.6 is 0 Å². The monoisotopic (exact) mass is 420 g/mol. The minimum absolute atomic E-state index is 0. The molecule has 1 aliphatic rings. The van der Waals surface area contributed by atoms with Crippen LogP contribution in [-0.4, -0.2) is 43.0 Å². The Balaban J connectivity index is 0.00000529. The molecule has 1 heterocycles. The van der Waals surface area contributed by atoms with Crippen LogP contribution in [0, 0.1) is 0 Å². The van der Waals surface area contributed by atoms with Crippen molar-refractivity contribution in [2.45, 2.75) is 35.9 Å². The van der Waals surface area contributed by atoms with E-state index in [1.54, 1.807) is 0 Å². The van der Waals surface area contributed by atoms with Crippen molar-refractivity contribution in [2.75, 3.05) is 0 Å². The van der Waals surface area contributed by atoms with Crippen molar-refractivity contribution in [2.24, 2.45) is 0 Å². The van der Waals surface area contributed by atoms with Crippen LogP contribution in [0.3, 0.4) is 0 Å². The van der Waals surface area contributed by atoms with E-state index in [1.165, 1.54) is 0 Å². The Kier molecular flexibility index (Phi) is 6.24. The molecule has 0 N–H and O–H groups in total. The molecule has 1 saturated heterocycles. The topological polar surface area (TPSA) is 18.5 Å². The van der Waals surface area contributed by atoms with Crippen LogP contribution in [0.5, 0.6) is 0 Å². The average molecular weight is 420 g/mol. The summed E-state index contributed by atoms with van der Waals surface area (Å²) < 4.78 is 180. The fourth-order valence-corrected chi connectivity index (χ4v) is 1.99. The Morgan fingerprint density at radius 3 is 0.792 bits per heavy atom. The Morgan fingerprint density at radius 1 is 0.500 bits per heavy atom. The molecule has 138 valence electrons. The minimum atomic E-state index is -7.61. The molecule has 0 saturated carbocycles. The first-order valence-corrected chi connectivity index (χ1v) is 4.83. The number of halogens is 14. The first-order chi connectivity index (χ1) is 9.66. The zero-order valence-corrected chi connectivity index (χ0v) is 13.8. The third kappa shape index (κ3) is 3.19. The Morgan fingerprint density at radius 2 is 0.667 bits per heavy atom. The predicted molar refractivity (Wildman–Crippen MR) is 39.8 cm³/mol. The van der Waals surface area contributed by atoms with E-state index in [9.17, 15) is 61.3 Å². The molecular weight excluding hydrogens is 420 g/mol. The van der Waals surface area contributed by atoms with Gasteiger partial charge in [-0.05, 0) is 0 Å². The number of hydrogen-bond donors (Lipinski definition) is 0. The van der Waals surface area contributed by atoms with Crippen molar-refractivity contribution in [3.63, 3.8) is 0 Å². The van der Waals surface area contributed by atoms with Crippen molar-refractivity contribution in [3.8, 4) is 0 Å². The second-order valence-electron chi connectivity index (χ2n) is 4.12. The molecule has 0 aromatic heterocycles. The number of hydrogen-bond acceptors (Lipinski definition) is 2. The molecule has 0 radical (unpaired) electrons. The van der Waals surface area contributed by atoms with Gasteiger partial charge < -0.3 is 17.9 Å². The molecule has 0 aromatic rings. The zero-order valence-electron chi connectivity index (χ0n) is 10.7. The Labute approximate surface area is 164 Å². The summed E-state index contributed by atoms with van der Waals surface area (Å²) >= 11 is 0. The summed E-state index contributed by atoms with van der Waals surface area (Å²) in [5.41, 5.74) is -14.8.